The molecule has 4 aromatic carbocycles. The van der Waals surface area contributed by atoms with Crippen molar-refractivity contribution in [2.45, 2.75) is 43.6 Å². The van der Waals surface area contributed by atoms with Crippen LogP contribution in [0.2, 0.25) is 5.02 Å². The average Bonchev–Trinajstić information content (AvgIpc) is 3.39. The first kappa shape index (κ1) is 27.7. The Balaban J connectivity index is 1.49. The first-order valence-corrected chi connectivity index (χ1v) is 14.6. The van der Waals surface area contributed by atoms with Crippen LogP contribution in [-0.2, 0) is 10.5 Å². The highest BCUT2D eigenvalue weighted by molar-refractivity contribution is 7.98. The van der Waals surface area contributed by atoms with Gasteiger partial charge in [-0.1, -0.05) is 114 Å². The smallest absolute Gasteiger partial charge is 0.232 e. The highest BCUT2D eigenvalue weighted by Crippen LogP contribution is 2.32. The van der Waals surface area contributed by atoms with Crippen molar-refractivity contribution in [2.75, 3.05) is 0 Å². The number of carbonyl (C=O) groups excluding carboxylic acids is 1. The number of thioether (sulfide) groups is 1. The minimum absolute atomic E-state index is 0.101. The molecule has 1 atom stereocenters. The van der Waals surface area contributed by atoms with Gasteiger partial charge in [0.05, 0.1) is 17.6 Å². The van der Waals surface area contributed by atoms with Gasteiger partial charge in [-0.05, 0) is 60.7 Å². The molecule has 0 aliphatic rings. The van der Waals surface area contributed by atoms with Crippen LogP contribution in [0, 0.1) is 13.8 Å². The van der Waals surface area contributed by atoms with Crippen LogP contribution in [0.15, 0.2) is 108 Å². The summed E-state index contributed by atoms with van der Waals surface area (Å²) in [6.07, 6.45) is 0. The van der Waals surface area contributed by atoms with E-state index in [0.717, 1.165) is 33.3 Å². The quantitative estimate of drug-likeness (QED) is 0.185. The lowest BCUT2D eigenvalue weighted by Gasteiger charge is -2.22. The maximum atomic E-state index is 13.9. The molecule has 0 aliphatic heterocycles. The summed E-state index contributed by atoms with van der Waals surface area (Å²) in [5.41, 5.74) is 6.26. The molecule has 0 saturated heterocycles. The fourth-order valence-corrected chi connectivity index (χ4v) is 5.96. The first-order valence-electron chi connectivity index (χ1n) is 13.2. The molecule has 7 heteroatoms. The van der Waals surface area contributed by atoms with Gasteiger partial charge in [0, 0.05) is 10.8 Å². The van der Waals surface area contributed by atoms with Crippen molar-refractivity contribution in [3.05, 3.63) is 142 Å². The van der Waals surface area contributed by atoms with E-state index < -0.39 is 12.0 Å². The van der Waals surface area contributed by atoms with E-state index in [0.29, 0.717) is 10.8 Å². The molecule has 0 bridgehead atoms. The Kier molecular flexibility index (Phi) is 8.68. The topological polar surface area (TPSA) is 59.8 Å². The van der Waals surface area contributed by atoms with Crippen LogP contribution in [0.5, 0.6) is 0 Å². The van der Waals surface area contributed by atoms with E-state index in [4.69, 9.17) is 11.6 Å². The van der Waals surface area contributed by atoms with Crippen molar-refractivity contribution in [3.63, 3.8) is 0 Å². The monoisotopic (exact) mass is 566 g/mol. The van der Waals surface area contributed by atoms with E-state index in [1.165, 1.54) is 11.1 Å². The second-order valence-corrected chi connectivity index (χ2v) is 11.2. The number of hydrogen-bond acceptors (Lipinski definition) is 4. The summed E-state index contributed by atoms with van der Waals surface area (Å²) in [5, 5.41) is 13.8. The molecule has 1 N–H and O–H groups in total. The molecule has 5 aromatic rings. The number of benzene rings is 4. The van der Waals surface area contributed by atoms with Crippen LogP contribution in [0.4, 0.5) is 0 Å². The number of halogens is 1. The lowest BCUT2D eigenvalue weighted by molar-refractivity contribution is -0.122. The summed E-state index contributed by atoms with van der Waals surface area (Å²) in [5.74, 6) is 0.834. The molecular weight excluding hydrogens is 536 g/mol. The minimum atomic E-state index is -0.455. The summed E-state index contributed by atoms with van der Waals surface area (Å²) < 4.78 is 2.02. The van der Waals surface area contributed by atoms with Crippen molar-refractivity contribution in [2.24, 2.45) is 0 Å². The third-order valence-corrected chi connectivity index (χ3v) is 8.18. The second-order valence-electron chi connectivity index (χ2n) is 9.81. The van der Waals surface area contributed by atoms with Crippen molar-refractivity contribution in [1.82, 2.24) is 20.1 Å². The molecule has 0 saturated carbocycles. The second kappa shape index (κ2) is 12.5. The van der Waals surface area contributed by atoms with E-state index in [1.807, 2.05) is 109 Å². The van der Waals surface area contributed by atoms with Gasteiger partial charge in [-0.2, -0.15) is 0 Å². The number of aryl methyl sites for hydroxylation is 2. The molecule has 0 spiro atoms. The standard InChI is InChI=1S/C33H31ClN4OS/c1-22-12-10-11-17-27(22)21-40-33-37-36-31(38(33)29-20-28(34)19-18-23(29)2)24(3)35-32(39)30(25-13-6-4-7-14-25)26-15-8-5-9-16-26/h4-20,24,30H,21H2,1-3H3,(H,35,39). The number of carbonyl (C=O) groups is 1. The number of hydrogen-bond donors (Lipinski definition) is 1. The zero-order valence-electron chi connectivity index (χ0n) is 22.7. The molecule has 1 unspecified atom stereocenters. The Morgan fingerprint density at radius 2 is 1.48 bits per heavy atom. The maximum absolute atomic E-state index is 13.9. The lowest BCUT2D eigenvalue weighted by Crippen LogP contribution is -2.33. The molecule has 5 rings (SSSR count). The summed E-state index contributed by atoms with van der Waals surface area (Å²) >= 11 is 8.06. The molecule has 202 valence electrons. The Labute approximate surface area is 244 Å². The Hall–Kier alpha value is -3.87. The number of nitrogens with one attached hydrogen (secondary N) is 1. The average molecular weight is 567 g/mol. The van der Waals surface area contributed by atoms with Gasteiger partial charge in [-0.3, -0.25) is 9.36 Å². The normalized spacial score (nSPS) is 11.9. The molecule has 40 heavy (non-hydrogen) atoms. The Morgan fingerprint density at radius 3 is 2.12 bits per heavy atom. The molecule has 5 nitrogen and oxygen atoms in total. The minimum Gasteiger partial charge on any atom is -0.346 e. The zero-order valence-corrected chi connectivity index (χ0v) is 24.3. The molecule has 0 aliphatic carbocycles. The first-order chi connectivity index (χ1) is 19.4. The van der Waals surface area contributed by atoms with E-state index in [2.05, 4.69) is 34.6 Å². The van der Waals surface area contributed by atoms with Gasteiger partial charge in [-0.25, -0.2) is 0 Å². The third kappa shape index (κ3) is 6.14. The van der Waals surface area contributed by atoms with Gasteiger partial charge in [0.15, 0.2) is 11.0 Å². The molecule has 1 heterocycles. The number of nitrogens with zero attached hydrogens (tertiary/aromatic N) is 3. The predicted molar refractivity (Wildman–Crippen MR) is 163 cm³/mol. The SMILES string of the molecule is Cc1ccccc1CSc1nnc(C(C)NC(=O)C(c2ccccc2)c2ccccc2)n1-c1cc(Cl)ccc1C. The molecule has 1 aromatic heterocycles. The molecule has 0 radical (unpaired) electrons. The van der Waals surface area contributed by atoms with E-state index in [-0.39, 0.29) is 5.91 Å². The Morgan fingerprint density at radius 1 is 0.850 bits per heavy atom. The van der Waals surface area contributed by atoms with Gasteiger partial charge < -0.3 is 5.32 Å². The largest absolute Gasteiger partial charge is 0.346 e. The van der Waals surface area contributed by atoms with Crippen molar-refractivity contribution in [3.8, 4) is 5.69 Å². The molecule has 0 fully saturated rings. The Bertz CT molecular complexity index is 1560. The van der Waals surface area contributed by atoms with E-state index in [9.17, 15) is 4.79 Å². The van der Waals surface area contributed by atoms with Gasteiger partial charge in [0.2, 0.25) is 5.91 Å². The molecular formula is C33H31ClN4OS. The van der Waals surface area contributed by atoms with Crippen LogP contribution >= 0.6 is 23.4 Å². The highest BCUT2D eigenvalue weighted by atomic mass is 35.5. The van der Waals surface area contributed by atoms with Gasteiger partial charge >= 0.3 is 0 Å². The maximum Gasteiger partial charge on any atom is 0.232 e. The van der Waals surface area contributed by atoms with Crippen molar-refractivity contribution >= 4 is 29.3 Å². The number of aromatic nitrogens is 3. The van der Waals surface area contributed by atoms with Crippen LogP contribution in [-0.4, -0.2) is 20.7 Å². The predicted octanol–water partition coefficient (Wildman–Crippen LogP) is 7.84. The number of rotatable bonds is 9. The van der Waals surface area contributed by atoms with Crippen molar-refractivity contribution < 1.29 is 4.79 Å². The van der Waals surface area contributed by atoms with Crippen molar-refractivity contribution in [1.29, 1.82) is 0 Å². The summed E-state index contributed by atoms with van der Waals surface area (Å²) in [6.45, 7) is 6.09. The fraction of sp³-hybridized carbons (Fsp3) is 0.182. The van der Waals surface area contributed by atoms with Gasteiger partial charge in [-0.15, -0.1) is 10.2 Å². The van der Waals surface area contributed by atoms with Crippen LogP contribution < -0.4 is 5.32 Å². The van der Waals surface area contributed by atoms with Crippen LogP contribution in [0.25, 0.3) is 5.69 Å². The number of amides is 1. The lowest BCUT2D eigenvalue weighted by atomic mass is 9.90. The van der Waals surface area contributed by atoms with Crippen LogP contribution in [0.3, 0.4) is 0 Å². The molecule has 1 amide bonds. The van der Waals surface area contributed by atoms with E-state index >= 15 is 0 Å². The van der Waals surface area contributed by atoms with Crippen LogP contribution in [0.1, 0.15) is 52.5 Å². The summed E-state index contributed by atoms with van der Waals surface area (Å²) in [4.78, 5) is 13.9. The van der Waals surface area contributed by atoms with Gasteiger partial charge in [0.1, 0.15) is 0 Å². The highest BCUT2D eigenvalue weighted by Gasteiger charge is 2.27. The van der Waals surface area contributed by atoms with Gasteiger partial charge in [0.25, 0.3) is 0 Å². The summed E-state index contributed by atoms with van der Waals surface area (Å²) in [7, 11) is 0. The fourth-order valence-electron chi connectivity index (χ4n) is 4.77. The zero-order chi connectivity index (χ0) is 28.1. The third-order valence-electron chi connectivity index (χ3n) is 6.96. The van der Waals surface area contributed by atoms with E-state index in [1.54, 1.807) is 11.8 Å². The summed E-state index contributed by atoms with van der Waals surface area (Å²) in [6, 6.07) is 33.4.